The number of nitrogens with one attached hydrogen (secondary N) is 2. The molecule has 1 aromatic heterocycles. The van der Waals surface area contributed by atoms with Crippen molar-refractivity contribution < 1.29 is 9.53 Å². The Morgan fingerprint density at radius 2 is 2.16 bits per heavy atom. The van der Waals surface area contributed by atoms with Gasteiger partial charge in [0.2, 0.25) is 0 Å². The van der Waals surface area contributed by atoms with Crippen molar-refractivity contribution >= 4 is 47.2 Å². The van der Waals surface area contributed by atoms with Gasteiger partial charge in [0.1, 0.15) is 9.88 Å². The summed E-state index contributed by atoms with van der Waals surface area (Å²) < 4.78 is 5.12. The summed E-state index contributed by atoms with van der Waals surface area (Å²) in [7, 11) is 0. The monoisotopic (exact) mass is 565 g/mol. The second-order valence-electron chi connectivity index (χ2n) is 8.07. The molecule has 178 valence electrons. The molecule has 1 aromatic rings. The Balaban J connectivity index is 0.00000480. The van der Waals surface area contributed by atoms with Crippen molar-refractivity contribution in [1.29, 1.82) is 0 Å². The topological polar surface area (TPSA) is 78.9 Å². The van der Waals surface area contributed by atoms with Gasteiger partial charge >= 0.3 is 5.97 Å². The molecule has 0 amide bonds. The molecule has 2 heterocycles. The number of piperidine rings is 1. The van der Waals surface area contributed by atoms with E-state index in [2.05, 4.69) is 34.4 Å². The SMILES string of the molecule is CCNC(=NCCCCN1CCCC(C)C1)NC(C)c1nc(C)c(C(=O)OCC)s1.I. The van der Waals surface area contributed by atoms with E-state index in [1.54, 1.807) is 0 Å². The number of halogens is 1. The first-order valence-electron chi connectivity index (χ1n) is 11.4. The third-order valence-electron chi connectivity index (χ3n) is 5.24. The highest BCUT2D eigenvalue weighted by molar-refractivity contribution is 14.0. The van der Waals surface area contributed by atoms with Crippen LogP contribution >= 0.6 is 35.3 Å². The number of carbonyl (C=O) groups is 1. The van der Waals surface area contributed by atoms with Crippen LogP contribution in [0.2, 0.25) is 0 Å². The summed E-state index contributed by atoms with van der Waals surface area (Å²) in [5.41, 5.74) is 0.719. The van der Waals surface area contributed by atoms with E-state index >= 15 is 0 Å². The molecule has 1 aliphatic rings. The highest BCUT2D eigenvalue weighted by Gasteiger charge is 2.20. The maximum absolute atomic E-state index is 12.0. The standard InChI is InChI=1S/C22H39N5O2S.HI/c1-6-23-22(24-12-8-9-13-27-14-10-11-16(3)15-27)26-18(5)20-25-17(4)19(30-20)21(28)29-7-2;/h16,18H,6-15H2,1-5H3,(H2,23,24,26);1H. The zero-order valence-corrected chi connectivity index (χ0v) is 22.8. The average molecular weight is 566 g/mol. The minimum Gasteiger partial charge on any atom is -0.462 e. The van der Waals surface area contributed by atoms with Crippen LogP contribution in [-0.2, 0) is 4.74 Å². The number of hydrogen-bond acceptors (Lipinski definition) is 6. The molecule has 2 N–H and O–H groups in total. The predicted molar refractivity (Wildman–Crippen MR) is 140 cm³/mol. The summed E-state index contributed by atoms with van der Waals surface area (Å²) in [4.78, 5) is 24.5. The van der Waals surface area contributed by atoms with Crippen LogP contribution in [0.25, 0.3) is 0 Å². The minimum atomic E-state index is -0.297. The number of carbonyl (C=O) groups excluding carboxylic acids is 1. The van der Waals surface area contributed by atoms with Gasteiger partial charge < -0.3 is 20.3 Å². The van der Waals surface area contributed by atoms with Gasteiger partial charge in [0.25, 0.3) is 0 Å². The van der Waals surface area contributed by atoms with Crippen LogP contribution in [0.15, 0.2) is 4.99 Å². The summed E-state index contributed by atoms with van der Waals surface area (Å²) >= 11 is 1.39. The second-order valence-corrected chi connectivity index (χ2v) is 9.10. The van der Waals surface area contributed by atoms with Crippen LogP contribution in [0.4, 0.5) is 0 Å². The lowest BCUT2D eigenvalue weighted by Gasteiger charge is -2.30. The smallest absolute Gasteiger partial charge is 0.350 e. The van der Waals surface area contributed by atoms with Gasteiger partial charge in [-0.3, -0.25) is 4.99 Å². The van der Waals surface area contributed by atoms with Gasteiger partial charge in [0, 0.05) is 19.6 Å². The summed E-state index contributed by atoms with van der Waals surface area (Å²) in [5.74, 6) is 1.33. The van der Waals surface area contributed by atoms with Crippen LogP contribution in [0, 0.1) is 12.8 Å². The van der Waals surface area contributed by atoms with Crippen LogP contribution < -0.4 is 10.6 Å². The zero-order valence-electron chi connectivity index (χ0n) is 19.7. The summed E-state index contributed by atoms with van der Waals surface area (Å²) in [6, 6.07) is -0.0375. The fraction of sp³-hybridized carbons (Fsp3) is 0.773. The number of aliphatic imine (C=N–C) groups is 1. The van der Waals surface area contributed by atoms with E-state index < -0.39 is 0 Å². The van der Waals surface area contributed by atoms with E-state index in [4.69, 9.17) is 9.73 Å². The highest BCUT2D eigenvalue weighted by atomic mass is 127. The van der Waals surface area contributed by atoms with E-state index in [1.165, 1.54) is 50.2 Å². The number of nitrogens with zero attached hydrogens (tertiary/aromatic N) is 3. The number of thiazole rings is 1. The molecule has 31 heavy (non-hydrogen) atoms. The molecule has 0 spiro atoms. The maximum Gasteiger partial charge on any atom is 0.350 e. The Kier molecular flexibility index (Phi) is 13.6. The number of hydrogen-bond donors (Lipinski definition) is 2. The first kappa shape index (κ1) is 28.1. The molecular formula is C22H40IN5O2S. The fourth-order valence-corrected chi connectivity index (χ4v) is 4.67. The van der Waals surface area contributed by atoms with Crippen molar-refractivity contribution in [2.75, 3.05) is 39.3 Å². The van der Waals surface area contributed by atoms with Gasteiger partial charge in [-0.1, -0.05) is 6.92 Å². The molecule has 1 aliphatic heterocycles. The maximum atomic E-state index is 12.0. The average Bonchev–Trinajstić information content (AvgIpc) is 3.10. The van der Waals surface area contributed by atoms with Crippen molar-refractivity contribution in [2.45, 2.75) is 66.3 Å². The highest BCUT2D eigenvalue weighted by Crippen LogP contribution is 2.24. The third kappa shape index (κ3) is 9.61. The quantitative estimate of drug-likeness (QED) is 0.144. The lowest BCUT2D eigenvalue weighted by Crippen LogP contribution is -2.38. The molecule has 0 bridgehead atoms. The summed E-state index contributed by atoms with van der Waals surface area (Å²) in [6.07, 6.45) is 4.97. The van der Waals surface area contributed by atoms with Crippen molar-refractivity contribution in [3.8, 4) is 0 Å². The van der Waals surface area contributed by atoms with E-state index in [1.807, 2.05) is 20.8 Å². The van der Waals surface area contributed by atoms with Gasteiger partial charge in [0.05, 0.1) is 18.3 Å². The number of likely N-dealkylation sites (tertiary alicyclic amines) is 1. The van der Waals surface area contributed by atoms with Crippen LogP contribution in [0.3, 0.4) is 0 Å². The molecule has 2 unspecified atom stereocenters. The molecular weight excluding hydrogens is 525 g/mol. The summed E-state index contributed by atoms with van der Waals surface area (Å²) in [6.45, 7) is 15.7. The second kappa shape index (κ2) is 15.0. The normalized spacial score (nSPS) is 18.2. The van der Waals surface area contributed by atoms with Gasteiger partial charge in [-0.15, -0.1) is 35.3 Å². The minimum absolute atomic E-state index is 0. The Labute approximate surface area is 208 Å². The van der Waals surface area contributed by atoms with Crippen molar-refractivity contribution in [3.63, 3.8) is 0 Å². The predicted octanol–water partition coefficient (Wildman–Crippen LogP) is 4.37. The third-order valence-corrected chi connectivity index (χ3v) is 6.56. The molecule has 0 aliphatic carbocycles. The summed E-state index contributed by atoms with van der Waals surface area (Å²) in [5, 5.41) is 7.59. The number of unbranched alkanes of at least 4 members (excludes halogenated alkanes) is 1. The molecule has 7 nitrogen and oxygen atoms in total. The Hall–Kier alpha value is -0.940. The van der Waals surface area contributed by atoms with Crippen LogP contribution in [0.5, 0.6) is 0 Å². The Morgan fingerprint density at radius 1 is 1.39 bits per heavy atom. The van der Waals surface area contributed by atoms with Crippen molar-refractivity contribution in [3.05, 3.63) is 15.6 Å². The number of ether oxygens (including phenoxy) is 1. The lowest BCUT2D eigenvalue weighted by atomic mass is 10.0. The molecule has 0 saturated carbocycles. The van der Waals surface area contributed by atoms with Crippen LogP contribution in [-0.4, -0.2) is 61.1 Å². The number of rotatable bonds is 10. The van der Waals surface area contributed by atoms with E-state index in [-0.39, 0.29) is 36.0 Å². The van der Waals surface area contributed by atoms with Gasteiger partial charge in [0.15, 0.2) is 5.96 Å². The van der Waals surface area contributed by atoms with Gasteiger partial charge in [-0.05, 0) is 72.4 Å². The van der Waals surface area contributed by atoms with Gasteiger partial charge in [-0.25, -0.2) is 9.78 Å². The molecule has 9 heteroatoms. The van der Waals surface area contributed by atoms with E-state index in [0.717, 1.165) is 42.1 Å². The molecule has 1 fully saturated rings. The molecule has 2 rings (SSSR count). The molecule has 1 saturated heterocycles. The lowest BCUT2D eigenvalue weighted by molar-refractivity contribution is 0.0531. The number of guanidine groups is 1. The van der Waals surface area contributed by atoms with E-state index in [9.17, 15) is 4.79 Å². The number of aromatic nitrogens is 1. The number of aryl methyl sites for hydroxylation is 1. The molecule has 2 atom stereocenters. The largest absolute Gasteiger partial charge is 0.462 e. The molecule has 0 aromatic carbocycles. The molecule has 0 radical (unpaired) electrons. The fourth-order valence-electron chi connectivity index (χ4n) is 3.70. The Morgan fingerprint density at radius 3 is 2.84 bits per heavy atom. The zero-order chi connectivity index (χ0) is 21.9. The number of esters is 1. The first-order chi connectivity index (χ1) is 14.4. The van der Waals surface area contributed by atoms with Gasteiger partial charge in [-0.2, -0.15) is 0 Å². The first-order valence-corrected chi connectivity index (χ1v) is 12.2. The van der Waals surface area contributed by atoms with Crippen molar-refractivity contribution in [2.24, 2.45) is 10.9 Å². The van der Waals surface area contributed by atoms with Crippen LogP contribution in [0.1, 0.15) is 79.8 Å². The van der Waals surface area contributed by atoms with Crippen molar-refractivity contribution in [1.82, 2.24) is 20.5 Å². The van der Waals surface area contributed by atoms with E-state index in [0.29, 0.717) is 11.5 Å². The Bertz CT molecular complexity index is 697.